The predicted octanol–water partition coefficient (Wildman–Crippen LogP) is 3.73. The van der Waals surface area contributed by atoms with Crippen LogP contribution in [-0.4, -0.2) is 14.2 Å². The first-order chi connectivity index (χ1) is 9.74. The Labute approximate surface area is 119 Å². The van der Waals surface area contributed by atoms with Gasteiger partial charge in [-0.1, -0.05) is 36.4 Å². The average molecular weight is 273 g/mol. The molecular weight excluding hydrogens is 253 g/mol. The fourth-order valence-corrected chi connectivity index (χ4v) is 2.33. The van der Waals surface area contributed by atoms with Gasteiger partial charge in [-0.15, -0.1) is 0 Å². The molecule has 0 aliphatic carbocycles. The molecule has 0 heterocycles. The van der Waals surface area contributed by atoms with E-state index in [4.69, 9.17) is 4.74 Å². The van der Waals surface area contributed by atoms with Crippen molar-refractivity contribution >= 4 is 0 Å². The van der Waals surface area contributed by atoms with E-state index < -0.39 is 0 Å². The zero-order valence-electron chi connectivity index (χ0n) is 11.9. The maximum Gasteiger partial charge on any atom is 0.131 e. The minimum atomic E-state index is -0.225. The molecule has 3 heteroatoms. The number of halogens is 1. The first-order valence-electron chi connectivity index (χ1n) is 6.79. The Kier molecular flexibility index (Phi) is 5.13. The number of ether oxygens (including phenoxy) is 1. The van der Waals surface area contributed by atoms with Gasteiger partial charge < -0.3 is 10.1 Å². The van der Waals surface area contributed by atoms with Gasteiger partial charge in [0.05, 0.1) is 7.11 Å². The molecule has 0 spiro atoms. The highest BCUT2D eigenvalue weighted by Gasteiger charge is 2.14. The van der Waals surface area contributed by atoms with Crippen LogP contribution in [0.5, 0.6) is 5.75 Å². The van der Waals surface area contributed by atoms with Crippen molar-refractivity contribution < 1.29 is 9.13 Å². The molecule has 0 aliphatic heterocycles. The van der Waals surface area contributed by atoms with E-state index in [2.05, 4.69) is 17.4 Å². The molecule has 2 rings (SSSR count). The minimum Gasteiger partial charge on any atom is -0.497 e. The van der Waals surface area contributed by atoms with Gasteiger partial charge in [0, 0.05) is 17.7 Å². The third-order valence-electron chi connectivity index (χ3n) is 3.50. The zero-order valence-corrected chi connectivity index (χ0v) is 11.9. The van der Waals surface area contributed by atoms with E-state index in [1.807, 2.05) is 25.2 Å². The smallest absolute Gasteiger partial charge is 0.131 e. The van der Waals surface area contributed by atoms with Crippen LogP contribution in [0.25, 0.3) is 0 Å². The zero-order chi connectivity index (χ0) is 14.4. The van der Waals surface area contributed by atoms with Crippen LogP contribution in [-0.2, 0) is 6.42 Å². The van der Waals surface area contributed by atoms with Crippen molar-refractivity contribution in [3.05, 3.63) is 65.5 Å². The SMILES string of the molecule is CNC(CCc1ccccc1)c1ccc(OC)cc1F. The Balaban J connectivity index is 2.08. The number of hydrogen-bond donors (Lipinski definition) is 1. The lowest BCUT2D eigenvalue weighted by atomic mass is 9.98. The summed E-state index contributed by atoms with van der Waals surface area (Å²) in [6.07, 6.45) is 1.77. The Bertz CT molecular complexity index is 542. The van der Waals surface area contributed by atoms with Crippen LogP contribution < -0.4 is 10.1 Å². The highest BCUT2D eigenvalue weighted by atomic mass is 19.1. The molecule has 0 aromatic heterocycles. The summed E-state index contributed by atoms with van der Waals surface area (Å²) in [6, 6.07) is 15.3. The van der Waals surface area contributed by atoms with Crippen LogP contribution in [0, 0.1) is 5.82 Å². The van der Waals surface area contributed by atoms with E-state index in [1.165, 1.54) is 11.6 Å². The fourth-order valence-electron chi connectivity index (χ4n) is 2.33. The lowest BCUT2D eigenvalue weighted by Crippen LogP contribution is -2.18. The Morgan fingerprint density at radius 2 is 1.90 bits per heavy atom. The van der Waals surface area contributed by atoms with Gasteiger partial charge in [-0.3, -0.25) is 0 Å². The predicted molar refractivity (Wildman–Crippen MR) is 79.5 cm³/mol. The number of rotatable bonds is 6. The van der Waals surface area contributed by atoms with Gasteiger partial charge in [0.15, 0.2) is 0 Å². The summed E-state index contributed by atoms with van der Waals surface area (Å²) >= 11 is 0. The summed E-state index contributed by atoms with van der Waals surface area (Å²) in [5, 5.41) is 3.19. The van der Waals surface area contributed by atoms with Crippen molar-refractivity contribution in [1.82, 2.24) is 5.32 Å². The molecule has 2 aromatic carbocycles. The van der Waals surface area contributed by atoms with Crippen LogP contribution in [0.4, 0.5) is 4.39 Å². The molecule has 0 aliphatic rings. The fraction of sp³-hybridized carbons (Fsp3) is 0.294. The second-order valence-electron chi connectivity index (χ2n) is 4.75. The van der Waals surface area contributed by atoms with Gasteiger partial charge in [-0.25, -0.2) is 4.39 Å². The van der Waals surface area contributed by atoms with Crippen molar-refractivity contribution in [2.24, 2.45) is 0 Å². The Morgan fingerprint density at radius 3 is 2.50 bits per heavy atom. The molecule has 1 N–H and O–H groups in total. The normalized spacial score (nSPS) is 12.2. The topological polar surface area (TPSA) is 21.3 Å². The van der Waals surface area contributed by atoms with Crippen molar-refractivity contribution in [2.75, 3.05) is 14.2 Å². The Hall–Kier alpha value is -1.87. The van der Waals surface area contributed by atoms with Crippen LogP contribution in [0.2, 0.25) is 0 Å². The molecule has 0 bridgehead atoms. The summed E-state index contributed by atoms with van der Waals surface area (Å²) in [5.74, 6) is 0.320. The minimum absolute atomic E-state index is 0.00103. The standard InChI is InChI=1S/C17H20FNO/c1-19-17(11-8-13-6-4-3-5-7-13)15-10-9-14(20-2)12-16(15)18/h3-7,9-10,12,17,19H,8,11H2,1-2H3. The number of benzene rings is 2. The van der Waals surface area contributed by atoms with E-state index in [9.17, 15) is 4.39 Å². The van der Waals surface area contributed by atoms with E-state index in [1.54, 1.807) is 19.2 Å². The van der Waals surface area contributed by atoms with Gasteiger partial charge >= 0.3 is 0 Å². The lowest BCUT2D eigenvalue weighted by molar-refractivity contribution is 0.409. The molecule has 2 aromatic rings. The van der Waals surface area contributed by atoms with Gasteiger partial charge in [0.25, 0.3) is 0 Å². The largest absolute Gasteiger partial charge is 0.497 e. The number of nitrogens with one attached hydrogen (secondary N) is 1. The van der Waals surface area contributed by atoms with Crippen molar-refractivity contribution in [3.63, 3.8) is 0 Å². The van der Waals surface area contributed by atoms with Crippen molar-refractivity contribution in [3.8, 4) is 5.75 Å². The average Bonchev–Trinajstić information content (AvgIpc) is 2.50. The highest BCUT2D eigenvalue weighted by Crippen LogP contribution is 2.25. The summed E-state index contributed by atoms with van der Waals surface area (Å²) in [7, 11) is 3.40. The monoisotopic (exact) mass is 273 g/mol. The van der Waals surface area contributed by atoms with Gasteiger partial charge in [0.2, 0.25) is 0 Å². The maximum atomic E-state index is 14.1. The molecule has 0 saturated carbocycles. The van der Waals surface area contributed by atoms with Crippen LogP contribution in [0.1, 0.15) is 23.6 Å². The van der Waals surface area contributed by atoms with Crippen molar-refractivity contribution in [1.29, 1.82) is 0 Å². The van der Waals surface area contributed by atoms with Gasteiger partial charge in [-0.05, 0) is 31.5 Å². The quantitative estimate of drug-likeness (QED) is 0.866. The molecule has 0 saturated heterocycles. The molecule has 0 radical (unpaired) electrons. The third-order valence-corrected chi connectivity index (χ3v) is 3.50. The van der Waals surface area contributed by atoms with Crippen LogP contribution in [0.15, 0.2) is 48.5 Å². The van der Waals surface area contributed by atoms with Gasteiger partial charge in [0.1, 0.15) is 11.6 Å². The molecule has 1 unspecified atom stereocenters. The molecule has 20 heavy (non-hydrogen) atoms. The molecule has 106 valence electrons. The first-order valence-corrected chi connectivity index (χ1v) is 6.79. The molecule has 1 atom stereocenters. The van der Waals surface area contributed by atoms with Gasteiger partial charge in [-0.2, -0.15) is 0 Å². The second kappa shape index (κ2) is 7.06. The lowest BCUT2D eigenvalue weighted by Gasteiger charge is -2.18. The van der Waals surface area contributed by atoms with Crippen molar-refractivity contribution in [2.45, 2.75) is 18.9 Å². The van der Waals surface area contributed by atoms with E-state index >= 15 is 0 Å². The van der Waals surface area contributed by atoms with E-state index in [-0.39, 0.29) is 11.9 Å². The highest BCUT2D eigenvalue weighted by molar-refractivity contribution is 5.31. The number of aryl methyl sites for hydroxylation is 1. The summed E-state index contributed by atoms with van der Waals surface area (Å²) in [4.78, 5) is 0. The van der Waals surface area contributed by atoms with E-state index in [0.29, 0.717) is 11.3 Å². The molecule has 0 fully saturated rings. The number of hydrogen-bond acceptors (Lipinski definition) is 2. The van der Waals surface area contributed by atoms with Crippen LogP contribution in [0.3, 0.4) is 0 Å². The summed E-state index contributed by atoms with van der Waals surface area (Å²) in [6.45, 7) is 0. The second-order valence-corrected chi connectivity index (χ2v) is 4.75. The maximum absolute atomic E-state index is 14.1. The summed E-state index contributed by atoms with van der Waals surface area (Å²) in [5.41, 5.74) is 1.95. The summed E-state index contributed by atoms with van der Waals surface area (Å²) < 4.78 is 19.1. The number of methoxy groups -OCH3 is 1. The first kappa shape index (κ1) is 14.5. The Morgan fingerprint density at radius 1 is 1.15 bits per heavy atom. The third kappa shape index (κ3) is 3.58. The van der Waals surface area contributed by atoms with E-state index in [0.717, 1.165) is 12.8 Å². The molecule has 0 amide bonds. The molecular formula is C17H20FNO. The molecule has 2 nitrogen and oxygen atoms in total. The van der Waals surface area contributed by atoms with Crippen LogP contribution >= 0.6 is 0 Å².